The molecule has 1 aromatic heterocycles. The summed E-state index contributed by atoms with van der Waals surface area (Å²) in [6.07, 6.45) is 4.03. The van der Waals surface area contributed by atoms with Crippen LogP contribution in [0.15, 0.2) is 36.4 Å². The minimum absolute atomic E-state index is 0.00637. The summed E-state index contributed by atoms with van der Waals surface area (Å²) >= 11 is 6.49. The number of anilines is 1. The van der Waals surface area contributed by atoms with E-state index in [1.54, 1.807) is 18.2 Å². The Balaban J connectivity index is 1.40. The van der Waals surface area contributed by atoms with Crippen molar-refractivity contribution < 1.29 is 23.7 Å². The van der Waals surface area contributed by atoms with Crippen LogP contribution in [0, 0.1) is 17.0 Å². The van der Waals surface area contributed by atoms with Gasteiger partial charge in [0, 0.05) is 46.3 Å². The van der Waals surface area contributed by atoms with Crippen molar-refractivity contribution in [2.24, 2.45) is 5.41 Å². The topological polar surface area (TPSA) is 82.0 Å². The van der Waals surface area contributed by atoms with Crippen molar-refractivity contribution in [3.8, 4) is 22.9 Å². The van der Waals surface area contributed by atoms with Gasteiger partial charge < -0.3 is 24.7 Å². The number of ether oxygens (including phenoxy) is 1. The average Bonchev–Trinajstić information content (AvgIpc) is 3.82. The third-order valence-corrected chi connectivity index (χ3v) is 9.12. The molecular formula is C31H31ClF2N4O3. The van der Waals surface area contributed by atoms with Crippen molar-refractivity contribution in [2.75, 3.05) is 38.7 Å². The second kappa shape index (κ2) is 9.37. The molecule has 10 heteroatoms. The summed E-state index contributed by atoms with van der Waals surface area (Å²) in [4.78, 5) is 13.2. The van der Waals surface area contributed by atoms with E-state index in [0.29, 0.717) is 47.6 Å². The molecule has 2 atom stereocenters. The number of benzene rings is 3. The highest BCUT2D eigenvalue weighted by Gasteiger charge is 2.58. The molecule has 2 aliphatic carbocycles. The zero-order chi connectivity index (χ0) is 28.7. The molecule has 2 saturated carbocycles. The number of nitrogens with zero attached hydrogens (tertiary/aromatic N) is 4. The Morgan fingerprint density at radius 1 is 1.15 bits per heavy atom. The summed E-state index contributed by atoms with van der Waals surface area (Å²) in [6.45, 7) is 1.83. The molecule has 3 aliphatic rings. The zero-order valence-electron chi connectivity index (χ0n) is 22.9. The minimum Gasteiger partial charge on any atom is -0.508 e. The number of aliphatic hydroxyl groups is 1. The highest BCUT2D eigenvalue weighted by Crippen LogP contribution is 2.51. The summed E-state index contributed by atoms with van der Waals surface area (Å²) in [7, 11) is 4.03. The van der Waals surface area contributed by atoms with Crippen LogP contribution in [0.4, 0.5) is 14.6 Å². The van der Waals surface area contributed by atoms with E-state index in [-0.39, 0.29) is 45.2 Å². The molecular weight excluding hydrogens is 550 g/mol. The molecule has 2 heterocycles. The van der Waals surface area contributed by atoms with Crippen LogP contribution >= 0.6 is 11.6 Å². The van der Waals surface area contributed by atoms with Gasteiger partial charge in [-0.25, -0.2) is 8.78 Å². The maximum absolute atomic E-state index is 16.6. The van der Waals surface area contributed by atoms with Gasteiger partial charge in [0.05, 0.1) is 23.8 Å². The molecule has 7 nitrogen and oxygen atoms in total. The number of hydrogen-bond donors (Lipinski definition) is 2. The maximum Gasteiger partial charge on any atom is 0.319 e. The number of aromatic hydroxyl groups is 1. The number of rotatable bonds is 7. The number of fused-ring (bicyclic) bond motifs is 3. The van der Waals surface area contributed by atoms with Crippen LogP contribution in [0.1, 0.15) is 32.1 Å². The summed E-state index contributed by atoms with van der Waals surface area (Å²) < 4.78 is 38.7. The van der Waals surface area contributed by atoms with Gasteiger partial charge in [0.1, 0.15) is 22.9 Å². The van der Waals surface area contributed by atoms with Gasteiger partial charge in [-0.05, 0) is 69.4 Å². The number of aromatic nitrogens is 2. The molecule has 4 aromatic rings. The molecule has 0 amide bonds. The van der Waals surface area contributed by atoms with Gasteiger partial charge in [-0.1, -0.05) is 23.7 Å². The molecule has 1 aliphatic heterocycles. The van der Waals surface area contributed by atoms with Gasteiger partial charge in [-0.2, -0.15) is 9.97 Å². The summed E-state index contributed by atoms with van der Waals surface area (Å²) in [5, 5.41) is 22.8. The van der Waals surface area contributed by atoms with Gasteiger partial charge >= 0.3 is 6.01 Å². The van der Waals surface area contributed by atoms with E-state index < -0.39 is 17.2 Å². The Labute approximate surface area is 241 Å². The molecule has 1 saturated heterocycles. The van der Waals surface area contributed by atoms with Gasteiger partial charge in [0.2, 0.25) is 0 Å². The fourth-order valence-corrected chi connectivity index (χ4v) is 6.86. The van der Waals surface area contributed by atoms with Crippen molar-refractivity contribution >= 4 is 39.1 Å². The van der Waals surface area contributed by atoms with Crippen molar-refractivity contribution in [3.05, 3.63) is 53.1 Å². The SMILES string of the molecule is CN(C)CC1(COc2nc(N3CCC[C@]4(O)CC34)c3cc(F)c(-c4cc(O)cc5cccc(Cl)c45)c(F)c3n2)CC1. The smallest absolute Gasteiger partial charge is 0.319 e. The predicted molar refractivity (Wildman–Crippen MR) is 155 cm³/mol. The van der Waals surface area contributed by atoms with Gasteiger partial charge in [-0.3, -0.25) is 0 Å². The van der Waals surface area contributed by atoms with E-state index in [2.05, 4.69) is 14.9 Å². The standard InChI is InChI=1S/C31H31ClF2N4O3/c1-37(2)15-30(8-9-30)16-41-29-35-27-20(28(36-29)38-10-4-7-31(40)14-23(31)38)13-22(33)25(26(27)34)19-12-18(39)11-17-5-3-6-21(32)24(17)19/h3,5-6,11-13,23,39-40H,4,7-10,14-16H2,1-2H3/t23?,31-/m0/s1. The third-order valence-electron chi connectivity index (χ3n) is 8.80. The molecule has 7 rings (SSSR count). The molecule has 0 radical (unpaired) electrons. The first-order valence-electron chi connectivity index (χ1n) is 14.0. The number of hydrogen-bond acceptors (Lipinski definition) is 7. The van der Waals surface area contributed by atoms with Crippen LogP contribution in [0.25, 0.3) is 32.8 Å². The third kappa shape index (κ3) is 4.54. The summed E-state index contributed by atoms with van der Waals surface area (Å²) in [5.74, 6) is -1.51. The lowest BCUT2D eigenvalue weighted by molar-refractivity contribution is 0.120. The second-order valence-electron chi connectivity index (χ2n) is 12.3. The Morgan fingerprint density at radius 3 is 2.71 bits per heavy atom. The first-order chi connectivity index (χ1) is 19.6. The average molecular weight is 581 g/mol. The van der Waals surface area contributed by atoms with Crippen molar-refractivity contribution in [3.63, 3.8) is 0 Å². The number of phenolic OH excluding ortho intramolecular Hbond substituents is 1. The Bertz CT molecular complexity index is 1710. The number of halogens is 3. The van der Waals surface area contributed by atoms with Crippen LogP contribution < -0.4 is 9.64 Å². The Kier molecular flexibility index (Phi) is 6.09. The van der Waals surface area contributed by atoms with Crippen molar-refractivity contribution in [2.45, 2.75) is 43.7 Å². The molecule has 0 spiro atoms. The predicted octanol–water partition coefficient (Wildman–Crippen LogP) is 5.91. The fraction of sp³-hybridized carbons (Fsp3) is 0.419. The molecule has 2 N–H and O–H groups in total. The van der Waals surface area contributed by atoms with Crippen LogP contribution in [0.5, 0.6) is 11.8 Å². The maximum atomic E-state index is 16.6. The first-order valence-corrected chi connectivity index (χ1v) is 14.3. The molecule has 1 unspecified atom stereocenters. The normalized spacial score (nSPS) is 22.8. The lowest BCUT2D eigenvalue weighted by Crippen LogP contribution is -2.39. The quantitative estimate of drug-likeness (QED) is 0.281. The first kappa shape index (κ1) is 26.6. The van der Waals surface area contributed by atoms with Crippen molar-refractivity contribution in [1.82, 2.24) is 14.9 Å². The van der Waals surface area contributed by atoms with E-state index in [1.165, 1.54) is 18.2 Å². The van der Waals surface area contributed by atoms with Crippen LogP contribution in [0.3, 0.4) is 0 Å². The zero-order valence-corrected chi connectivity index (χ0v) is 23.7. The lowest BCUT2D eigenvalue weighted by Gasteiger charge is -2.31. The van der Waals surface area contributed by atoms with Gasteiger partial charge in [0.25, 0.3) is 0 Å². The summed E-state index contributed by atoms with van der Waals surface area (Å²) in [6, 6.07) is 8.98. The monoisotopic (exact) mass is 580 g/mol. The fourth-order valence-electron chi connectivity index (χ4n) is 6.58. The van der Waals surface area contributed by atoms with Crippen LogP contribution in [-0.2, 0) is 0 Å². The highest BCUT2D eigenvalue weighted by molar-refractivity contribution is 6.36. The molecule has 214 valence electrons. The number of phenols is 1. The molecule has 41 heavy (non-hydrogen) atoms. The van der Waals surface area contributed by atoms with E-state index in [1.807, 2.05) is 19.0 Å². The lowest BCUT2D eigenvalue weighted by atomic mass is 9.95. The minimum atomic E-state index is -0.891. The molecule has 0 bridgehead atoms. The Hall–Kier alpha value is -3.27. The van der Waals surface area contributed by atoms with E-state index in [0.717, 1.165) is 25.8 Å². The molecule has 3 fully saturated rings. The van der Waals surface area contributed by atoms with Gasteiger partial charge in [-0.15, -0.1) is 0 Å². The largest absolute Gasteiger partial charge is 0.508 e. The van der Waals surface area contributed by atoms with E-state index in [4.69, 9.17) is 16.3 Å². The second-order valence-corrected chi connectivity index (χ2v) is 12.7. The molecule has 3 aromatic carbocycles. The van der Waals surface area contributed by atoms with Crippen LogP contribution in [0.2, 0.25) is 5.02 Å². The highest BCUT2D eigenvalue weighted by atomic mass is 35.5. The van der Waals surface area contributed by atoms with Crippen molar-refractivity contribution in [1.29, 1.82) is 0 Å². The van der Waals surface area contributed by atoms with E-state index in [9.17, 15) is 10.2 Å². The Morgan fingerprint density at radius 2 is 1.95 bits per heavy atom. The van der Waals surface area contributed by atoms with Crippen LogP contribution in [-0.4, -0.2) is 70.5 Å². The van der Waals surface area contributed by atoms with E-state index >= 15 is 8.78 Å². The summed E-state index contributed by atoms with van der Waals surface area (Å²) in [5.41, 5.74) is -1.11. The number of piperidine rings is 1. The van der Waals surface area contributed by atoms with Gasteiger partial charge in [0.15, 0.2) is 5.82 Å².